The van der Waals surface area contributed by atoms with Gasteiger partial charge in [0, 0.05) is 32.1 Å². The molecular weight excluding hydrogens is 428 g/mol. The van der Waals surface area contributed by atoms with Gasteiger partial charge in [-0.3, -0.25) is 0 Å². The first-order valence-corrected chi connectivity index (χ1v) is 11.3. The van der Waals surface area contributed by atoms with E-state index in [-0.39, 0.29) is 0 Å². The van der Waals surface area contributed by atoms with Crippen LogP contribution in [0, 0.1) is 0 Å². The SMILES string of the molecule is Clc1ccc(-c2ccc(-c3cccc4oc5ccccc5c34)c3c2oc2ccccc23)cc1. The number of benzene rings is 5. The van der Waals surface area contributed by atoms with E-state index in [9.17, 15) is 0 Å². The van der Waals surface area contributed by atoms with Crippen molar-refractivity contribution < 1.29 is 8.83 Å². The van der Waals surface area contributed by atoms with Crippen molar-refractivity contribution in [2.45, 2.75) is 0 Å². The zero-order valence-electron chi connectivity index (χ0n) is 17.5. The maximum Gasteiger partial charge on any atom is 0.143 e. The molecule has 2 aromatic heterocycles. The van der Waals surface area contributed by atoms with Crippen molar-refractivity contribution >= 4 is 55.5 Å². The molecule has 0 aliphatic heterocycles. The molecular formula is C30H17ClO2. The molecule has 0 bridgehead atoms. The highest BCUT2D eigenvalue weighted by Gasteiger charge is 2.20. The Hall–Kier alpha value is -4.01. The van der Waals surface area contributed by atoms with Crippen LogP contribution in [0.4, 0.5) is 0 Å². The maximum absolute atomic E-state index is 6.45. The highest BCUT2D eigenvalue weighted by molar-refractivity contribution is 6.30. The molecule has 0 atom stereocenters. The lowest BCUT2D eigenvalue weighted by Crippen LogP contribution is -1.85. The summed E-state index contributed by atoms with van der Waals surface area (Å²) in [5.74, 6) is 0. The molecule has 33 heavy (non-hydrogen) atoms. The van der Waals surface area contributed by atoms with Crippen LogP contribution >= 0.6 is 11.6 Å². The Morgan fingerprint density at radius 3 is 1.85 bits per heavy atom. The summed E-state index contributed by atoms with van der Waals surface area (Å²) < 4.78 is 12.6. The van der Waals surface area contributed by atoms with Crippen LogP contribution in [-0.2, 0) is 0 Å². The summed E-state index contributed by atoms with van der Waals surface area (Å²) in [6, 6.07) is 34.9. The van der Waals surface area contributed by atoms with Crippen LogP contribution in [0.2, 0.25) is 5.02 Å². The number of fused-ring (bicyclic) bond motifs is 6. The van der Waals surface area contributed by atoms with Crippen molar-refractivity contribution in [2.75, 3.05) is 0 Å². The molecule has 0 spiro atoms. The van der Waals surface area contributed by atoms with E-state index in [1.165, 1.54) is 0 Å². The third kappa shape index (κ3) is 2.75. The third-order valence-electron chi connectivity index (χ3n) is 6.37. The van der Waals surface area contributed by atoms with Gasteiger partial charge in [0.2, 0.25) is 0 Å². The molecule has 0 aliphatic carbocycles. The molecule has 0 fully saturated rings. The van der Waals surface area contributed by atoms with E-state index >= 15 is 0 Å². The molecule has 3 heteroatoms. The monoisotopic (exact) mass is 444 g/mol. The Morgan fingerprint density at radius 1 is 0.455 bits per heavy atom. The lowest BCUT2D eigenvalue weighted by molar-refractivity contribution is 0.668. The van der Waals surface area contributed by atoms with Crippen LogP contribution in [-0.4, -0.2) is 0 Å². The van der Waals surface area contributed by atoms with Gasteiger partial charge >= 0.3 is 0 Å². The number of rotatable bonds is 2. The van der Waals surface area contributed by atoms with E-state index in [0.717, 1.165) is 71.2 Å². The second-order valence-electron chi connectivity index (χ2n) is 8.25. The van der Waals surface area contributed by atoms with Gasteiger partial charge in [-0.2, -0.15) is 0 Å². The smallest absolute Gasteiger partial charge is 0.143 e. The molecule has 2 heterocycles. The minimum atomic E-state index is 0.717. The number of para-hydroxylation sites is 2. The largest absolute Gasteiger partial charge is 0.456 e. The summed E-state index contributed by atoms with van der Waals surface area (Å²) in [6.45, 7) is 0. The number of halogens is 1. The number of hydrogen-bond donors (Lipinski definition) is 0. The van der Waals surface area contributed by atoms with Crippen molar-refractivity contribution in [3.63, 3.8) is 0 Å². The van der Waals surface area contributed by atoms with Gasteiger partial charge < -0.3 is 8.83 Å². The number of hydrogen-bond acceptors (Lipinski definition) is 2. The van der Waals surface area contributed by atoms with E-state index in [1.807, 2.05) is 54.6 Å². The van der Waals surface area contributed by atoms with Crippen molar-refractivity contribution in [3.05, 3.63) is 108 Å². The van der Waals surface area contributed by atoms with E-state index < -0.39 is 0 Å². The molecule has 0 aliphatic rings. The van der Waals surface area contributed by atoms with Crippen LogP contribution in [0.1, 0.15) is 0 Å². The Morgan fingerprint density at radius 2 is 1.06 bits per heavy atom. The Balaban J connectivity index is 1.62. The van der Waals surface area contributed by atoms with Crippen LogP contribution in [0.3, 0.4) is 0 Å². The Labute approximate surface area is 194 Å². The molecule has 0 amide bonds. The first-order valence-electron chi connectivity index (χ1n) is 10.9. The summed E-state index contributed by atoms with van der Waals surface area (Å²) in [5.41, 5.74) is 7.91. The molecule has 0 unspecified atom stereocenters. The topological polar surface area (TPSA) is 26.3 Å². The highest BCUT2D eigenvalue weighted by atomic mass is 35.5. The second-order valence-corrected chi connectivity index (χ2v) is 8.68. The number of furan rings is 2. The van der Waals surface area contributed by atoms with Gasteiger partial charge in [0.25, 0.3) is 0 Å². The second kappa shape index (κ2) is 6.99. The quantitative estimate of drug-likeness (QED) is 0.265. The van der Waals surface area contributed by atoms with Gasteiger partial charge in [-0.1, -0.05) is 78.3 Å². The van der Waals surface area contributed by atoms with E-state index in [0.29, 0.717) is 0 Å². The zero-order valence-corrected chi connectivity index (χ0v) is 18.3. The molecule has 2 nitrogen and oxygen atoms in total. The van der Waals surface area contributed by atoms with Crippen molar-refractivity contribution in [2.24, 2.45) is 0 Å². The van der Waals surface area contributed by atoms with Crippen molar-refractivity contribution in [1.29, 1.82) is 0 Å². The minimum Gasteiger partial charge on any atom is -0.456 e. The van der Waals surface area contributed by atoms with Gasteiger partial charge in [-0.05, 0) is 53.1 Å². The van der Waals surface area contributed by atoms with Gasteiger partial charge in [-0.25, -0.2) is 0 Å². The molecule has 7 aromatic rings. The fraction of sp³-hybridized carbons (Fsp3) is 0. The van der Waals surface area contributed by atoms with Crippen LogP contribution in [0.25, 0.3) is 66.1 Å². The van der Waals surface area contributed by atoms with E-state index in [4.69, 9.17) is 20.4 Å². The standard InChI is InChI=1S/C30H17ClO2/c31-19-14-12-18(13-15-19)20-16-17-22(29-24-7-2-4-10-26(24)33-30(20)29)21-8-5-11-27-28(21)23-6-1-3-9-25(23)32-27/h1-17H. The first-order chi connectivity index (χ1) is 16.3. The predicted molar refractivity (Wildman–Crippen MR) is 137 cm³/mol. The van der Waals surface area contributed by atoms with Crippen LogP contribution < -0.4 is 0 Å². The molecule has 5 aromatic carbocycles. The van der Waals surface area contributed by atoms with Gasteiger partial charge in [0.05, 0.1) is 0 Å². The molecule has 0 N–H and O–H groups in total. The normalized spacial score (nSPS) is 11.8. The van der Waals surface area contributed by atoms with Gasteiger partial charge in [0.15, 0.2) is 0 Å². The van der Waals surface area contributed by atoms with Crippen LogP contribution in [0.5, 0.6) is 0 Å². The average molecular weight is 445 g/mol. The van der Waals surface area contributed by atoms with Crippen molar-refractivity contribution in [3.8, 4) is 22.3 Å². The lowest BCUT2D eigenvalue weighted by Gasteiger charge is -2.10. The third-order valence-corrected chi connectivity index (χ3v) is 6.63. The summed E-state index contributed by atoms with van der Waals surface area (Å²) in [7, 11) is 0. The van der Waals surface area contributed by atoms with Gasteiger partial charge in [0.1, 0.15) is 22.3 Å². The van der Waals surface area contributed by atoms with Crippen LogP contribution in [0.15, 0.2) is 112 Å². The van der Waals surface area contributed by atoms with Gasteiger partial charge in [-0.15, -0.1) is 0 Å². The molecule has 0 saturated heterocycles. The lowest BCUT2D eigenvalue weighted by atomic mass is 9.92. The summed E-state index contributed by atoms with van der Waals surface area (Å²) >= 11 is 6.15. The zero-order chi connectivity index (χ0) is 21.9. The minimum absolute atomic E-state index is 0.717. The predicted octanol–water partition coefficient (Wildman–Crippen LogP) is 9.47. The Kier molecular flexibility index (Phi) is 3.93. The summed E-state index contributed by atoms with van der Waals surface area (Å²) in [5, 5.41) is 5.17. The highest BCUT2D eigenvalue weighted by Crippen LogP contribution is 2.45. The Bertz CT molecular complexity index is 1820. The van der Waals surface area contributed by atoms with E-state index in [1.54, 1.807) is 0 Å². The molecule has 156 valence electrons. The summed E-state index contributed by atoms with van der Waals surface area (Å²) in [4.78, 5) is 0. The molecule has 7 rings (SSSR count). The van der Waals surface area contributed by atoms with E-state index in [2.05, 4.69) is 48.5 Å². The average Bonchev–Trinajstić information content (AvgIpc) is 3.43. The maximum atomic E-state index is 6.45. The fourth-order valence-electron chi connectivity index (χ4n) is 4.91. The fourth-order valence-corrected chi connectivity index (χ4v) is 5.03. The van der Waals surface area contributed by atoms with Crippen molar-refractivity contribution in [1.82, 2.24) is 0 Å². The molecule has 0 radical (unpaired) electrons. The first kappa shape index (κ1) is 18.6. The summed E-state index contributed by atoms with van der Waals surface area (Å²) in [6.07, 6.45) is 0. The molecule has 0 saturated carbocycles.